The van der Waals surface area contributed by atoms with Gasteiger partial charge in [0.1, 0.15) is 5.56 Å². The number of anilines is 1. The summed E-state index contributed by atoms with van der Waals surface area (Å²) in [4.78, 5) is 14.6. The van der Waals surface area contributed by atoms with Crippen LogP contribution in [0.15, 0.2) is 18.5 Å². The Kier molecular flexibility index (Phi) is 3.84. The lowest BCUT2D eigenvalue weighted by atomic mass is 10.0. The van der Waals surface area contributed by atoms with Gasteiger partial charge in [-0.05, 0) is 19.4 Å². The van der Waals surface area contributed by atoms with E-state index in [0.717, 1.165) is 0 Å². The average molecular weight is 224 g/mol. The van der Waals surface area contributed by atoms with Crippen LogP contribution in [0.25, 0.3) is 0 Å². The van der Waals surface area contributed by atoms with Crippen LogP contribution in [-0.4, -0.2) is 33.3 Å². The summed E-state index contributed by atoms with van der Waals surface area (Å²) in [6, 6.07) is 1.58. The van der Waals surface area contributed by atoms with Gasteiger partial charge in [0.05, 0.1) is 11.3 Å². The summed E-state index contributed by atoms with van der Waals surface area (Å²) in [5.41, 5.74) is -0.274. The lowest BCUT2D eigenvalue weighted by Crippen LogP contribution is -2.32. The van der Waals surface area contributed by atoms with Crippen LogP contribution in [0.1, 0.15) is 30.6 Å². The van der Waals surface area contributed by atoms with E-state index >= 15 is 0 Å². The summed E-state index contributed by atoms with van der Waals surface area (Å²) in [5, 5.41) is 21.6. The van der Waals surface area contributed by atoms with E-state index in [1.807, 2.05) is 6.92 Å². The summed E-state index contributed by atoms with van der Waals surface area (Å²) < 4.78 is 0. The summed E-state index contributed by atoms with van der Waals surface area (Å²) in [5.74, 6) is -1.04. The van der Waals surface area contributed by atoms with Crippen molar-refractivity contribution in [3.63, 3.8) is 0 Å². The number of pyridine rings is 1. The molecule has 1 heterocycles. The zero-order chi connectivity index (χ0) is 12.2. The molecule has 1 atom stereocenters. The van der Waals surface area contributed by atoms with Gasteiger partial charge in [0.15, 0.2) is 0 Å². The van der Waals surface area contributed by atoms with Crippen LogP contribution in [-0.2, 0) is 0 Å². The first-order valence-corrected chi connectivity index (χ1v) is 5.10. The smallest absolute Gasteiger partial charge is 0.339 e. The second-order valence-corrected chi connectivity index (χ2v) is 3.93. The van der Waals surface area contributed by atoms with Crippen molar-refractivity contribution in [1.29, 1.82) is 0 Å². The van der Waals surface area contributed by atoms with Crippen molar-refractivity contribution >= 4 is 11.7 Å². The van der Waals surface area contributed by atoms with Crippen LogP contribution in [0.3, 0.4) is 0 Å². The van der Waals surface area contributed by atoms with Crippen LogP contribution in [0.5, 0.6) is 0 Å². The van der Waals surface area contributed by atoms with E-state index < -0.39 is 11.6 Å². The van der Waals surface area contributed by atoms with E-state index in [0.29, 0.717) is 18.7 Å². The van der Waals surface area contributed by atoms with Gasteiger partial charge in [0.2, 0.25) is 0 Å². The molecule has 88 valence electrons. The molecule has 3 N–H and O–H groups in total. The third-order valence-corrected chi connectivity index (χ3v) is 2.47. The first-order valence-electron chi connectivity index (χ1n) is 5.10. The van der Waals surface area contributed by atoms with Crippen molar-refractivity contribution in [3.8, 4) is 0 Å². The summed E-state index contributed by atoms with van der Waals surface area (Å²) >= 11 is 0. The number of aliphatic hydroxyl groups is 1. The van der Waals surface area contributed by atoms with Gasteiger partial charge in [-0.1, -0.05) is 6.92 Å². The third-order valence-electron chi connectivity index (χ3n) is 2.47. The molecule has 1 unspecified atom stereocenters. The molecule has 0 amide bonds. The van der Waals surface area contributed by atoms with Crippen molar-refractivity contribution in [2.45, 2.75) is 25.9 Å². The predicted octanol–water partition coefficient (Wildman–Crippen LogP) is 1.35. The first kappa shape index (κ1) is 12.4. The minimum atomic E-state index is -1.04. The van der Waals surface area contributed by atoms with Crippen LogP contribution >= 0.6 is 0 Å². The SMILES string of the molecule is CCC(C)(O)CNc1ccncc1C(=O)O. The monoisotopic (exact) mass is 224 g/mol. The lowest BCUT2D eigenvalue weighted by Gasteiger charge is -2.22. The maximum atomic E-state index is 10.9. The minimum Gasteiger partial charge on any atom is -0.478 e. The van der Waals surface area contributed by atoms with Crippen LogP contribution in [0.4, 0.5) is 5.69 Å². The van der Waals surface area contributed by atoms with Crippen molar-refractivity contribution < 1.29 is 15.0 Å². The fourth-order valence-electron chi connectivity index (χ4n) is 1.13. The van der Waals surface area contributed by atoms with Gasteiger partial charge in [-0.15, -0.1) is 0 Å². The number of carboxylic acids is 1. The van der Waals surface area contributed by atoms with E-state index in [9.17, 15) is 9.90 Å². The number of aromatic carboxylic acids is 1. The van der Waals surface area contributed by atoms with Crippen LogP contribution in [0, 0.1) is 0 Å². The maximum Gasteiger partial charge on any atom is 0.339 e. The molecular weight excluding hydrogens is 208 g/mol. The average Bonchev–Trinajstić information content (AvgIpc) is 2.27. The number of nitrogens with one attached hydrogen (secondary N) is 1. The van der Waals surface area contributed by atoms with Crippen molar-refractivity contribution in [3.05, 3.63) is 24.0 Å². The van der Waals surface area contributed by atoms with E-state index in [1.54, 1.807) is 13.0 Å². The number of rotatable bonds is 5. The molecule has 5 heteroatoms. The van der Waals surface area contributed by atoms with Crippen LogP contribution in [0.2, 0.25) is 0 Å². The standard InChI is InChI=1S/C11H16N2O3/c1-3-11(2,16)7-13-9-4-5-12-6-8(9)10(14)15/h4-6,16H,3,7H2,1-2H3,(H,12,13)(H,14,15). The Labute approximate surface area is 94.1 Å². The Hall–Kier alpha value is -1.62. The summed E-state index contributed by atoms with van der Waals surface area (Å²) in [6.45, 7) is 3.86. The molecule has 0 spiro atoms. The molecule has 0 fully saturated rings. The Bertz CT molecular complexity index is 377. The largest absolute Gasteiger partial charge is 0.478 e. The minimum absolute atomic E-state index is 0.106. The van der Waals surface area contributed by atoms with E-state index in [2.05, 4.69) is 10.3 Å². The molecule has 0 aliphatic carbocycles. The second kappa shape index (κ2) is 4.94. The highest BCUT2D eigenvalue weighted by molar-refractivity contribution is 5.93. The second-order valence-electron chi connectivity index (χ2n) is 3.93. The molecule has 1 aromatic rings. The first-order chi connectivity index (χ1) is 7.46. The van der Waals surface area contributed by atoms with Gasteiger partial charge < -0.3 is 15.5 Å². The van der Waals surface area contributed by atoms with Gasteiger partial charge >= 0.3 is 5.97 Å². The molecule has 0 aromatic carbocycles. The molecule has 0 aliphatic heterocycles. The maximum absolute atomic E-state index is 10.9. The highest BCUT2D eigenvalue weighted by Gasteiger charge is 2.18. The molecule has 0 radical (unpaired) electrons. The molecule has 16 heavy (non-hydrogen) atoms. The van der Waals surface area contributed by atoms with Crippen molar-refractivity contribution in [2.24, 2.45) is 0 Å². The summed E-state index contributed by atoms with van der Waals surface area (Å²) in [6.07, 6.45) is 3.38. The topological polar surface area (TPSA) is 82.5 Å². The van der Waals surface area contributed by atoms with E-state index in [4.69, 9.17) is 5.11 Å². The zero-order valence-electron chi connectivity index (χ0n) is 9.40. The van der Waals surface area contributed by atoms with Gasteiger partial charge in [0.25, 0.3) is 0 Å². The van der Waals surface area contributed by atoms with Gasteiger partial charge in [-0.3, -0.25) is 4.98 Å². The van der Waals surface area contributed by atoms with Gasteiger partial charge in [-0.25, -0.2) is 4.79 Å². The zero-order valence-corrected chi connectivity index (χ0v) is 9.40. The fourth-order valence-corrected chi connectivity index (χ4v) is 1.13. The normalized spacial score (nSPS) is 14.2. The lowest BCUT2D eigenvalue weighted by molar-refractivity contribution is 0.0677. The number of hydrogen-bond donors (Lipinski definition) is 3. The third kappa shape index (κ3) is 3.20. The Morgan fingerprint density at radius 1 is 1.62 bits per heavy atom. The Morgan fingerprint density at radius 2 is 2.31 bits per heavy atom. The molecule has 1 aromatic heterocycles. The molecule has 5 nitrogen and oxygen atoms in total. The van der Waals surface area contributed by atoms with Crippen LogP contribution < -0.4 is 5.32 Å². The van der Waals surface area contributed by atoms with Gasteiger partial charge in [-0.2, -0.15) is 0 Å². The number of nitrogens with zero attached hydrogens (tertiary/aromatic N) is 1. The fraction of sp³-hybridized carbons (Fsp3) is 0.455. The number of aromatic nitrogens is 1. The summed E-state index contributed by atoms with van der Waals surface area (Å²) in [7, 11) is 0. The predicted molar refractivity (Wildman–Crippen MR) is 60.6 cm³/mol. The molecule has 0 aliphatic rings. The van der Waals surface area contributed by atoms with Crippen molar-refractivity contribution in [2.75, 3.05) is 11.9 Å². The molecule has 0 saturated heterocycles. The molecular formula is C11H16N2O3. The molecule has 0 saturated carbocycles. The molecule has 0 bridgehead atoms. The van der Waals surface area contributed by atoms with Gasteiger partial charge in [0, 0.05) is 18.9 Å². The number of carboxylic acid groups (broad SMARTS) is 1. The van der Waals surface area contributed by atoms with E-state index in [1.165, 1.54) is 12.4 Å². The molecule has 1 rings (SSSR count). The Balaban J connectivity index is 2.78. The van der Waals surface area contributed by atoms with E-state index in [-0.39, 0.29) is 5.56 Å². The quantitative estimate of drug-likeness (QED) is 0.703. The van der Waals surface area contributed by atoms with Crippen molar-refractivity contribution in [1.82, 2.24) is 4.98 Å². The number of carbonyl (C=O) groups is 1. The number of hydrogen-bond acceptors (Lipinski definition) is 4. The Morgan fingerprint density at radius 3 is 2.88 bits per heavy atom. The highest BCUT2D eigenvalue weighted by Crippen LogP contribution is 2.16. The highest BCUT2D eigenvalue weighted by atomic mass is 16.4.